The number of ether oxygens (including phenoxy) is 5. The predicted molar refractivity (Wildman–Crippen MR) is 117 cm³/mol. The van der Waals surface area contributed by atoms with Crippen molar-refractivity contribution in [3.05, 3.63) is 22.2 Å². The number of benzene rings is 2. The Bertz CT molecular complexity index is 956. The van der Waals surface area contributed by atoms with Gasteiger partial charge in [0.05, 0.1) is 40.6 Å². The summed E-state index contributed by atoms with van der Waals surface area (Å²) in [6, 6.07) is 1.94. The van der Waals surface area contributed by atoms with Gasteiger partial charge in [0.1, 0.15) is 0 Å². The van der Waals surface area contributed by atoms with Crippen LogP contribution in [0.25, 0.3) is 11.1 Å². The van der Waals surface area contributed by atoms with Gasteiger partial charge < -0.3 is 28.8 Å². The fourth-order valence-corrected chi connectivity index (χ4v) is 4.59. The topological polar surface area (TPSA) is 66.4 Å². The molecule has 2 atom stereocenters. The molecular formula is C23H29ClO6. The highest BCUT2D eigenvalue weighted by Gasteiger charge is 2.34. The van der Waals surface area contributed by atoms with Crippen molar-refractivity contribution in [2.75, 3.05) is 35.5 Å². The second kappa shape index (κ2) is 8.72. The highest BCUT2D eigenvalue weighted by molar-refractivity contribution is 6.34. The van der Waals surface area contributed by atoms with E-state index >= 15 is 0 Å². The first kappa shape index (κ1) is 22.2. The quantitative estimate of drug-likeness (QED) is 0.701. The second-order valence-corrected chi connectivity index (χ2v) is 8.00. The maximum Gasteiger partial charge on any atom is 0.205 e. The number of fused-ring (bicyclic) bond motifs is 3. The zero-order chi connectivity index (χ0) is 22.2. The van der Waals surface area contributed by atoms with Gasteiger partial charge in [0.15, 0.2) is 23.0 Å². The van der Waals surface area contributed by atoms with Crippen LogP contribution < -0.4 is 23.7 Å². The molecule has 0 aliphatic heterocycles. The van der Waals surface area contributed by atoms with E-state index in [1.165, 1.54) is 14.2 Å². The van der Waals surface area contributed by atoms with Gasteiger partial charge >= 0.3 is 0 Å². The van der Waals surface area contributed by atoms with E-state index in [1.807, 2.05) is 6.07 Å². The first-order valence-corrected chi connectivity index (χ1v) is 10.2. The molecule has 0 radical (unpaired) electrons. The molecule has 1 aliphatic rings. The maximum absolute atomic E-state index is 11.3. The van der Waals surface area contributed by atoms with Gasteiger partial charge in [0.25, 0.3) is 0 Å². The molecule has 0 heterocycles. The number of rotatable bonds is 5. The van der Waals surface area contributed by atoms with Crippen molar-refractivity contribution in [3.63, 3.8) is 0 Å². The largest absolute Gasteiger partial charge is 0.504 e. The summed E-state index contributed by atoms with van der Waals surface area (Å²) in [6.45, 7) is 4.39. The van der Waals surface area contributed by atoms with Gasteiger partial charge in [-0.25, -0.2) is 0 Å². The monoisotopic (exact) mass is 436 g/mol. The van der Waals surface area contributed by atoms with E-state index in [4.69, 9.17) is 35.3 Å². The van der Waals surface area contributed by atoms with Gasteiger partial charge in [0.2, 0.25) is 11.5 Å². The molecule has 164 valence electrons. The van der Waals surface area contributed by atoms with E-state index in [-0.39, 0.29) is 11.5 Å². The third-order valence-corrected chi connectivity index (χ3v) is 6.43. The Balaban J connectivity index is 2.54. The Morgan fingerprint density at radius 2 is 1.33 bits per heavy atom. The molecule has 2 aromatic carbocycles. The van der Waals surface area contributed by atoms with Gasteiger partial charge in [-0.3, -0.25) is 0 Å². The minimum absolute atomic E-state index is 0.0396. The van der Waals surface area contributed by atoms with Crippen LogP contribution in [-0.4, -0.2) is 40.7 Å². The van der Waals surface area contributed by atoms with Crippen molar-refractivity contribution in [1.29, 1.82) is 0 Å². The third-order valence-electron chi connectivity index (χ3n) is 6.03. The highest BCUT2D eigenvalue weighted by atomic mass is 35.5. The fourth-order valence-electron chi connectivity index (χ4n) is 4.26. The van der Waals surface area contributed by atoms with E-state index in [1.54, 1.807) is 21.3 Å². The SMILES string of the molecule is COc1cc2c(c(OC)c1OC)-c1c(O)c(OC)c(OC)c(Cl)c1C[C@H](C)[C@H](C)C2. The lowest BCUT2D eigenvalue weighted by atomic mass is 9.77. The van der Waals surface area contributed by atoms with E-state index in [2.05, 4.69) is 13.8 Å². The molecule has 3 rings (SSSR count). The Morgan fingerprint density at radius 1 is 0.767 bits per heavy atom. The first-order chi connectivity index (χ1) is 14.3. The zero-order valence-corrected chi connectivity index (χ0v) is 19.3. The minimum Gasteiger partial charge on any atom is -0.504 e. The molecular weight excluding hydrogens is 408 g/mol. The number of methoxy groups -OCH3 is 5. The number of phenolic OH excluding ortho intramolecular Hbond substituents is 1. The van der Waals surface area contributed by atoms with Crippen molar-refractivity contribution in [2.45, 2.75) is 26.7 Å². The zero-order valence-electron chi connectivity index (χ0n) is 18.5. The van der Waals surface area contributed by atoms with Crippen molar-refractivity contribution < 1.29 is 28.8 Å². The maximum atomic E-state index is 11.3. The highest BCUT2D eigenvalue weighted by Crippen LogP contribution is 2.57. The Labute approximate surface area is 182 Å². The predicted octanol–water partition coefficient (Wildman–Crippen LogP) is 5.13. The van der Waals surface area contributed by atoms with Gasteiger partial charge in [0, 0.05) is 11.1 Å². The summed E-state index contributed by atoms with van der Waals surface area (Å²) in [5.74, 6) is 2.63. The molecule has 0 amide bonds. The molecule has 1 aliphatic carbocycles. The molecule has 0 spiro atoms. The van der Waals surface area contributed by atoms with Crippen LogP contribution in [0, 0.1) is 11.8 Å². The number of halogens is 1. The summed E-state index contributed by atoms with van der Waals surface area (Å²) in [4.78, 5) is 0. The Morgan fingerprint density at radius 3 is 1.87 bits per heavy atom. The van der Waals surface area contributed by atoms with E-state index in [9.17, 15) is 5.11 Å². The molecule has 0 aromatic heterocycles. The van der Waals surface area contributed by atoms with Gasteiger partial charge in [-0.1, -0.05) is 25.4 Å². The minimum atomic E-state index is -0.0396. The van der Waals surface area contributed by atoms with Crippen molar-refractivity contribution in [1.82, 2.24) is 0 Å². The molecule has 0 bridgehead atoms. The number of hydrogen-bond acceptors (Lipinski definition) is 6. The second-order valence-electron chi connectivity index (χ2n) is 7.62. The van der Waals surface area contributed by atoms with Crippen LogP contribution in [0.15, 0.2) is 6.07 Å². The first-order valence-electron chi connectivity index (χ1n) is 9.81. The molecule has 0 saturated carbocycles. The van der Waals surface area contributed by atoms with Crippen LogP contribution in [-0.2, 0) is 12.8 Å². The molecule has 6 nitrogen and oxygen atoms in total. The molecule has 0 unspecified atom stereocenters. The van der Waals surface area contributed by atoms with Crippen LogP contribution >= 0.6 is 11.6 Å². The average Bonchev–Trinajstić information content (AvgIpc) is 2.74. The summed E-state index contributed by atoms with van der Waals surface area (Å²) >= 11 is 6.80. The summed E-state index contributed by atoms with van der Waals surface area (Å²) in [7, 11) is 7.70. The summed E-state index contributed by atoms with van der Waals surface area (Å²) in [6.07, 6.45) is 1.44. The van der Waals surface area contributed by atoms with Crippen LogP contribution in [0.1, 0.15) is 25.0 Å². The molecule has 0 saturated heterocycles. The third kappa shape index (κ3) is 3.37. The van der Waals surface area contributed by atoms with Gasteiger partial charge in [-0.15, -0.1) is 0 Å². The van der Waals surface area contributed by atoms with Crippen LogP contribution in [0.3, 0.4) is 0 Å². The van der Waals surface area contributed by atoms with Crippen LogP contribution in [0.5, 0.6) is 34.5 Å². The van der Waals surface area contributed by atoms with Crippen molar-refractivity contribution in [2.24, 2.45) is 11.8 Å². The fraction of sp³-hybridized carbons (Fsp3) is 0.478. The molecule has 7 heteroatoms. The van der Waals surface area contributed by atoms with Gasteiger partial charge in [-0.2, -0.15) is 0 Å². The molecule has 0 fully saturated rings. The van der Waals surface area contributed by atoms with E-state index < -0.39 is 0 Å². The molecule has 30 heavy (non-hydrogen) atoms. The van der Waals surface area contributed by atoms with E-state index in [0.717, 1.165) is 23.1 Å². The lowest BCUT2D eigenvalue weighted by Crippen LogP contribution is -2.18. The van der Waals surface area contributed by atoms with Crippen molar-refractivity contribution in [3.8, 4) is 45.6 Å². The lowest BCUT2D eigenvalue weighted by molar-refractivity contribution is 0.321. The normalized spacial score (nSPS) is 17.9. The average molecular weight is 437 g/mol. The summed E-state index contributed by atoms with van der Waals surface area (Å²) < 4.78 is 27.9. The Kier molecular flexibility index (Phi) is 6.46. The number of phenols is 1. The summed E-state index contributed by atoms with van der Waals surface area (Å²) in [5.41, 5.74) is 3.06. The van der Waals surface area contributed by atoms with E-state index in [0.29, 0.717) is 51.8 Å². The summed E-state index contributed by atoms with van der Waals surface area (Å²) in [5, 5.41) is 11.7. The molecule has 2 aromatic rings. The smallest absolute Gasteiger partial charge is 0.205 e. The van der Waals surface area contributed by atoms with Crippen LogP contribution in [0.2, 0.25) is 5.02 Å². The number of aromatic hydroxyl groups is 1. The number of hydrogen-bond donors (Lipinski definition) is 1. The lowest BCUT2D eigenvalue weighted by Gasteiger charge is -2.30. The van der Waals surface area contributed by atoms with Gasteiger partial charge in [-0.05, 0) is 41.9 Å². The standard InChI is InChI=1S/C23H29ClO6/c1-11-8-13-10-15(26-3)20(27-4)21(28-5)16(13)17-14(9-12(11)2)18(24)22(29-6)23(30-7)19(17)25/h10-12,25H,8-9H2,1-7H3/t11-,12+/m1/s1. The molecule has 1 N–H and O–H groups in total. The van der Waals surface area contributed by atoms with Crippen molar-refractivity contribution >= 4 is 11.6 Å². The van der Waals surface area contributed by atoms with Crippen LogP contribution in [0.4, 0.5) is 0 Å². The Hall–Kier alpha value is -2.47.